The summed E-state index contributed by atoms with van der Waals surface area (Å²) >= 11 is 4.47. The Morgan fingerprint density at radius 2 is 1.92 bits per heavy atom. The lowest BCUT2D eigenvalue weighted by Gasteiger charge is -2.40. The van der Waals surface area contributed by atoms with Gasteiger partial charge in [-0.15, -0.1) is 0 Å². The minimum absolute atomic E-state index is 0.928. The first-order valence-corrected chi connectivity index (χ1v) is 6.00. The third-order valence-corrected chi connectivity index (χ3v) is 4.13. The zero-order chi connectivity index (χ0) is 8.39. The van der Waals surface area contributed by atoms with E-state index in [-0.39, 0.29) is 0 Å². The van der Waals surface area contributed by atoms with Gasteiger partial charge in [-0.25, -0.2) is 0 Å². The number of hydrogen-bond donors (Lipinski definition) is 2. The van der Waals surface area contributed by atoms with E-state index < -0.39 is 0 Å². The van der Waals surface area contributed by atoms with Crippen LogP contribution in [0.3, 0.4) is 0 Å². The maximum absolute atomic E-state index is 4.47. The molecule has 1 nitrogen and oxygen atoms in total. The summed E-state index contributed by atoms with van der Waals surface area (Å²) in [5.74, 6) is 2.05. The van der Waals surface area contributed by atoms with E-state index in [0.717, 1.165) is 17.7 Å². The van der Waals surface area contributed by atoms with Gasteiger partial charge in [-0.3, -0.25) is 0 Å². The maximum atomic E-state index is 4.47. The second kappa shape index (κ2) is 4.01. The fourth-order valence-electron chi connectivity index (χ4n) is 3.00. The summed E-state index contributed by atoms with van der Waals surface area (Å²) < 4.78 is 0. The fraction of sp³-hybridized carbons (Fsp3) is 1.00. The van der Waals surface area contributed by atoms with Crippen LogP contribution in [0.15, 0.2) is 0 Å². The second-order valence-corrected chi connectivity index (χ2v) is 4.71. The van der Waals surface area contributed by atoms with Crippen molar-refractivity contribution in [1.29, 1.82) is 0 Å². The van der Waals surface area contributed by atoms with Crippen molar-refractivity contribution in [3.05, 3.63) is 0 Å². The molecule has 70 valence electrons. The number of piperidine rings is 2. The van der Waals surface area contributed by atoms with Gasteiger partial charge in [0.2, 0.25) is 0 Å². The Hall–Kier alpha value is 0.310. The summed E-state index contributed by atoms with van der Waals surface area (Å²) in [4.78, 5) is 1.89. The predicted molar refractivity (Wildman–Crippen MR) is 54.9 cm³/mol. The molecule has 2 heteroatoms. The van der Waals surface area contributed by atoms with Gasteiger partial charge in [-0.2, -0.15) is 12.6 Å². The summed E-state index contributed by atoms with van der Waals surface area (Å²) in [7, 11) is 0. The first-order chi connectivity index (χ1) is 5.92. The Morgan fingerprint density at radius 1 is 1.08 bits per heavy atom. The summed E-state index contributed by atoms with van der Waals surface area (Å²) in [6.45, 7) is 2.88. The van der Waals surface area contributed by atoms with Crippen LogP contribution < -0.4 is 4.90 Å². The van der Waals surface area contributed by atoms with E-state index in [1.165, 1.54) is 45.2 Å². The largest absolute Gasteiger partial charge is 0.332 e. The lowest BCUT2D eigenvalue weighted by Crippen LogP contribution is -3.18. The third kappa shape index (κ3) is 1.64. The standard InChI is InChI=1S/C10H19NS/c12-8-9-4-3-7-11-6-2-1-5-10(9)11/h9-10,12H,1-8H2/p+1/t9-,10+/m0/s1. The van der Waals surface area contributed by atoms with Gasteiger partial charge in [-0.05, 0) is 37.9 Å². The highest BCUT2D eigenvalue weighted by atomic mass is 32.1. The van der Waals surface area contributed by atoms with Gasteiger partial charge in [0.1, 0.15) is 0 Å². The van der Waals surface area contributed by atoms with Crippen LogP contribution in [0.25, 0.3) is 0 Å². The van der Waals surface area contributed by atoms with Crippen molar-refractivity contribution in [2.45, 2.75) is 38.1 Å². The van der Waals surface area contributed by atoms with Gasteiger partial charge in [0.25, 0.3) is 0 Å². The van der Waals surface area contributed by atoms with Crippen molar-refractivity contribution in [2.75, 3.05) is 18.8 Å². The molecule has 3 atom stereocenters. The molecule has 0 aromatic carbocycles. The Morgan fingerprint density at radius 3 is 2.75 bits per heavy atom. The first kappa shape index (κ1) is 8.89. The molecular weight excluding hydrogens is 166 g/mol. The molecule has 2 rings (SSSR count). The Kier molecular flexibility index (Phi) is 2.97. The van der Waals surface area contributed by atoms with Crippen LogP contribution >= 0.6 is 12.6 Å². The smallest absolute Gasteiger partial charge is 0.0911 e. The number of rotatable bonds is 1. The van der Waals surface area contributed by atoms with E-state index in [1.807, 2.05) is 4.90 Å². The topological polar surface area (TPSA) is 4.44 Å². The zero-order valence-electron chi connectivity index (χ0n) is 7.76. The molecule has 0 amide bonds. The van der Waals surface area contributed by atoms with Gasteiger partial charge in [0.15, 0.2) is 0 Å². The highest BCUT2D eigenvalue weighted by Crippen LogP contribution is 2.20. The molecule has 2 fully saturated rings. The maximum Gasteiger partial charge on any atom is 0.0911 e. The van der Waals surface area contributed by atoms with E-state index in [4.69, 9.17) is 0 Å². The van der Waals surface area contributed by atoms with E-state index in [1.54, 1.807) is 0 Å². The molecule has 0 radical (unpaired) electrons. The number of hydrogen-bond acceptors (Lipinski definition) is 1. The summed E-state index contributed by atoms with van der Waals surface area (Å²) in [6.07, 6.45) is 7.29. The minimum Gasteiger partial charge on any atom is -0.332 e. The molecule has 1 N–H and O–H groups in total. The molecule has 0 spiro atoms. The molecule has 0 aliphatic carbocycles. The average Bonchev–Trinajstić information content (AvgIpc) is 2.17. The molecule has 2 aliphatic heterocycles. The van der Waals surface area contributed by atoms with E-state index in [0.29, 0.717) is 0 Å². The minimum atomic E-state index is 0.928. The highest BCUT2D eigenvalue weighted by Gasteiger charge is 2.35. The molecule has 12 heavy (non-hydrogen) atoms. The molecule has 0 aromatic heterocycles. The number of thiol groups is 1. The van der Waals surface area contributed by atoms with Crippen LogP contribution in [-0.2, 0) is 0 Å². The Bertz CT molecular complexity index is 140. The molecule has 2 saturated heterocycles. The van der Waals surface area contributed by atoms with E-state index >= 15 is 0 Å². The van der Waals surface area contributed by atoms with Crippen molar-refractivity contribution in [1.82, 2.24) is 0 Å². The molecule has 2 aliphatic rings. The van der Waals surface area contributed by atoms with Crippen LogP contribution in [-0.4, -0.2) is 24.9 Å². The lowest BCUT2D eigenvalue weighted by atomic mass is 9.85. The van der Waals surface area contributed by atoms with Gasteiger partial charge in [0.05, 0.1) is 19.1 Å². The molecule has 0 saturated carbocycles. The zero-order valence-corrected chi connectivity index (χ0v) is 8.65. The monoisotopic (exact) mass is 186 g/mol. The van der Waals surface area contributed by atoms with Crippen molar-refractivity contribution < 1.29 is 4.90 Å². The summed E-state index contributed by atoms with van der Waals surface area (Å²) in [6, 6.07) is 0.977. The summed E-state index contributed by atoms with van der Waals surface area (Å²) in [5.41, 5.74) is 0. The quantitative estimate of drug-likeness (QED) is 0.558. The molecular formula is C10H20NS+. The van der Waals surface area contributed by atoms with Crippen LogP contribution in [0.4, 0.5) is 0 Å². The van der Waals surface area contributed by atoms with Crippen LogP contribution in [0.5, 0.6) is 0 Å². The van der Waals surface area contributed by atoms with E-state index in [2.05, 4.69) is 12.6 Å². The molecule has 0 bridgehead atoms. The van der Waals surface area contributed by atoms with Gasteiger partial charge in [-0.1, -0.05) is 0 Å². The second-order valence-electron chi connectivity index (χ2n) is 4.35. The fourth-order valence-corrected chi connectivity index (χ4v) is 3.43. The van der Waals surface area contributed by atoms with Crippen LogP contribution in [0, 0.1) is 5.92 Å². The van der Waals surface area contributed by atoms with Crippen molar-refractivity contribution in [3.63, 3.8) is 0 Å². The lowest BCUT2D eigenvalue weighted by molar-refractivity contribution is -0.939. The van der Waals surface area contributed by atoms with Gasteiger partial charge < -0.3 is 4.90 Å². The SMILES string of the molecule is SC[C@@H]1CCC[NH+]2CCCC[C@H]12. The number of fused-ring (bicyclic) bond motifs is 1. The number of nitrogens with one attached hydrogen (secondary N) is 1. The molecule has 0 aromatic rings. The van der Waals surface area contributed by atoms with Crippen molar-refractivity contribution in [2.24, 2.45) is 5.92 Å². The Labute approximate surface area is 80.9 Å². The van der Waals surface area contributed by atoms with Gasteiger partial charge in [0, 0.05) is 5.92 Å². The van der Waals surface area contributed by atoms with Crippen LogP contribution in [0.1, 0.15) is 32.1 Å². The molecule has 2 heterocycles. The third-order valence-electron chi connectivity index (χ3n) is 3.66. The first-order valence-electron chi connectivity index (χ1n) is 5.37. The van der Waals surface area contributed by atoms with Crippen LogP contribution in [0.2, 0.25) is 0 Å². The van der Waals surface area contributed by atoms with E-state index in [9.17, 15) is 0 Å². The summed E-state index contributed by atoms with van der Waals surface area (Å²) in [5, 5.41) is 0. The highest BCUT2D eigenvalue weighted by molar-refractivity contribution is 7.80. The average molecular weight is 186 g/mol. The van der Waals surface area contributed by atoms with Crippen molar-refractivity contribution in [3.8, 4) is 0 Å². The van der Waals surface area contributed by atoms with Gasteiger partial charge >= 0.3 is 0 Å². The number of quaternary nitrogens is 1. The Balaban J connectivity index is 1.99. The molecule has 1 unspecified atom stereocenters. The predicted octanol–water partition coefficient (Wildman–Crippen LogP) is 0.764. The van der Waals surface area contributed by atoms with Crippen molar-refractivity contribution >= 4 is 12.6 Å². The normalized spacial score (nSPS) is 42.2.